The first kappa shape index (κ1) is 20.6. The van der Waals surface area contributed by atoms with Crippen LogP contribution in [0.3, 0.4) is 0 Å². The number of thiazole rings is 1. The summed E-state index contributed by atoms with van der Waals surface area (Å²) in [4.78, 5) is 21.4. The number of benzene rings is 1. The summed E-state index contributed by atoms with van der Waals surface area (Å²) in [6, 6.07) is 7.84. The Kier molecular flexibility index (Phi) is 5.66. The zero-order valence-electron chi connectivity index (χ0n) is 16.8. The molecule has 156 valence electrons. The van der Waals surface area contributed by atoms with Crippen molar-refractivity contribution in [1.82, 2.24) is 9.97 Å². The van der Waals surface area contributed by atoms with E-state index in [0.717, 1.165) is 34.7 Å². The average molecular weight is 426 g/mol. The zero-order chi connectivity index (χ0) is 21.3. The van der Waals surface area contributed by atoms with Crippen molar-refractivity contribution in [2.75, 3.05) is 0 Å². The summed E-state index contributed by atoms with van der Waals surface area (Å²) < 4.78 is 13.5. The fourth-order valence-electron chi connectivity index (χ4n) is 3.80. The van der Waals surface area contributed by atoms with Crippen LogP contribution in [0.15, 0.2) is 41.9 Å². The molecule has 1 aliphatic carbocycles. The Morgan fingerprint density at radius 2 is 2.00 bits per heavy atom. The summed E-state index contributed by atoms with van der Waals surface area (Å²) >= 11 is 1.58. The zero-order valence-corrected chi connectivity index (χ0v) is 17.6. The van der Waals surface area contributed by atoms with Gasteiger partial charge in [-0.25, -0.2) is 9.37 Å². The van der Waals surface area contributed by atoms with Crippen LogP contribution in [-0.4, -0.2) is 26.6 Å². The lowest BCUT2D eigenvalue weighted by Gasteiger charge is -2.24. The summed E-state index contributed by atoms with van der Waals surface area (Å²) in [6.07, 6.45) is 5.30. The Bertz CT molecular complexity index is 1050. The lowest BCUT2D eigenvalue weighted by molar-refractivity contribution is 0.0360. The van der Waals surface area contributed by atoms with Gasteiger partial charge in [0, 0.05) is 35.7 Å². The predicted octanol–water partition coefficient (Wildman–Crippen LogP) is 3.93. The van der Waals surface area contributed by atoms with Crippen LogP contribution in [0, 0.1) is 11.7 Å². The monoisotopic (exact) mass is 425 g/mol. The number of nitrogens with zero attached hydrogens (tertiary/aromatic N) is 2. The first-order valence-corrected chi connectivity index (χ1v) is 10.9. The largest absolute Gasteiger partial charge is 0.389 e. The first-order chi connectivity index (χ1) is 14.3. The summed E-state index contributed by atoms with van der Waals surface area (Å²) in [5.41, 5.74) is 7.84. The number of aliphatic hydroxyl groups is 1. The molecule has 5 nitrogen and oxygen atoms in total. The van der Waals surface area contributed by atoms with Gasteiger partial charge in [0.05, 0.1) is 21.9 Å². The van der Waals surface area contributed by atoms with E-state index in [4.69, 9.17) is 10.7 Å². The van der Waals surface area contributed by atoms with Crippen LogP contribution in [-0.2, 0) is 19.3 Å². The quantitative estimate of drug-likeness (QED) is 0.572. The number of amides is 1. The van der Waals surface area contributed by atoms with E-state index in [-0.39, 0.29) is 18.2 Å². The molecule has 3 N–H and O–H groups in total. The first-order valence-electron chi connectivity index (χ1n) is 10.0. The number of carbonyl (C=O) groups excluding carboxylic acids is 1. The van der Waals surface area contributed by atoms with E-state index >= 15 is 0 Å². The van der Waals surface area contributed by atoms with Gasteiger partial charge in [-0.1, -0.05) is 12.1 Å². The second kappa shape index (κ2) is 8.24. The number of nitrogens with two attached hydrogens (primary N) is 1. The van der Waals surface area contributed by atoms with Crippen LogP contribution >= 0.6 is 11.3 Å². The lowest BCUT2D eigenvalue weighted by atomic mass is 9.90. The van der Waals surface area contributed by atoms with Crippen LogP contribution in [0.5, 0.6) is 0 Å². The molecule has 30 heavy (non-hydrogen) atoms. The number of hydrogen-bond donors (Lipinski definition) is 2. The Morgan fingerprint density at radius 3 is 2.60 bits per heavy atom. The SMILES string of the molecule is C[C@@](O)(Cc1nc(CCc2nccs2)c(-c2ccc(F)cc2)cc1C(N)=O)C1CC1. The minimum absolute atomic E-state index is 0.218. The highest BCUT2D eigenvalue weighted by Crippen LogP contribution is 2.41. The molecule has 2 aromatic heterocycles. The van der Waals surface area contributed by atoms with Crippen LogP contribution in [0.4, 0.5) is 4.39 Å². The summed E-state index contributed by atoms with van der Waals surface area (Å²) in [6.45, 7) is 1.79. The van der Waals surface area contributed by atoms with Crippen molar-refractivity contribution in [3.05, 3.63) is 69.7 Å². The number of pyridine rings is 1. The lowest BCUT2D eigenvalue weighted by Crippen LogP contribution is -2.32. The molecule has 1 saturated carbocycles. The Balaban J connectivity index is 1.77. The molecule has 1 atom stereocenters. The Labute approximate surface area is 178 Å². The van der Waals surface area contributed by atoms with E-state index in [9.17, 15) is 14.3 Å². The maximum absolute atomic E-state index is 13.5. The van der Waals surface area contributed by atoms with E-state index in [0.29, 0.717) is 24.1 Å². The molecule has 0 spiro atoms. The van der Waals surface area contributed by atoms with Crippen molar-refractivity contribution in [2.45, 2.75) is 44.6 Å². The molecule has 7 heteroatoms. The third-order valence-electron chi connectivity index (χ3n) is 5.64. The highest BCUT2D eigenvalue weighted by atomic mass is 32.1. The van der Waals surface area contributed by atoms with Crippen molar-refractivity contribution in [3.8, 4) is 11.1 Å². The molecule has 0 bridgehead atoms. The van der Waals surface area contributed by atoms with Gasteiger partial charge in [0.25, 0.3) is 5.91 Å². The van der Waals surface area contributed by atoms with Crippen molar-refractivity contribution >= 4 is 17.2 Å². The van der Waals surface area contributed by atoms with E-state index in [1.807, 2.05) is 5.38 Å². The van der Waals surface area contributed by atoms with Crippen molar-refractivity contribution in [3.63, 3.8) is 0 Å². The van der Waals surface area contributed by atoms with Gasteiger partial charge in [0.2, 0.25) is 0 Å². The number of primary amides is 1. The van der Waals surface area contributed by atoms with Crippen molar-refractivity contribution < 1.29 is 14.3 Å². The molecule has 2 heterocycles. The summed E-state index contributed by atoms with van der Waals surface area (Å²) in [5.74, 6) is -0.697. The molecule has 0 saturated heterocycles. The minimum atomic E-state index is -0.929. The molecular formula is C23H24FN3O2S. The third kappa shape index (κ3) is 4.57. The molecule has 3 aromatic rings. The van der Waals surface area contributed by atoms with Gasteiger partial charge in [0.15, 0.2) is 0 Å². The standard InChI is InChI=1S/C23H24FN3O2S/c1-23(29,15-4-5-15)13-20-18(22(25)28)12-17(14-2-6-16(24)7-3-14)19(27-20)8-9-21-26-10-11-30-21/h2-3,6-7,10-12,15,29H,4-5,8-9,13H2,1H3,(H2,25,28)/t23-/m1/s1. The van der Waals surface area contributed by atoms with Gasteiger partial charge in [-0.05, 0) is 55.9 Å². The Hall–Kier alpha value is -2.64. The predicted molar refractivity (Wildman–Crippen MR) is 115 cm³/mol. The third-order valence-corrected chi connectivity index (χ3v) is 6.48. The number of rotatable bonds is 8. The maximum atomic E-state index is 13.5. The smallest absolute Gasteiger partial charge is 0.250 e. The summed E-state index contributed by atoms with van der Waals surface area (Å²) in [5, 5.41) is 13.8. The molecule has 1 aliphatic rings. The van der Waals surface area contributed by atoms with Crippen LogP contribution in [0.2, 0.25) is 0 Å². The molecule has 1 amide bonds. The van der Waals surface area contributed by atoms with Crippen LogP contribution in [0.25, 0.3) is 11.1 Å². The number of halogens is 1. The number of aryl methyl sites for hydroxylation is 2. The van der Waals surface area contributed by atoms with Gasteiger partial charge in [-0.3, -0.25) is 9.78 Å². The van der Waals surface area contributed by atoms with E-state index in [1.54, 1.807) is 42.7 Å². The number of aromatic nitrogens is 2. The van der Waals surface area contributed by atoms with Gasteiger partial charge in [-0.2, -0.15) is 0 Å². The molecule has 0 aliphatic heterocycles. The van der Waals surface area contributed by atoms with Crippen LogP contribution < -0.4 is 5.73 Å². The normalized spacial score (nSPS) is 15.7. The van der Waals surface area contributed by atoms with E-state index < -0.39 is 11.5 Å². The fraction of sp³-hybridized carbons (Fsp3) is 0.348. The maximum Gasteiger partial charge on any atom is 0.250 e. The van der Waals surface area contributed by atoms with E-state index in [2.05, 4.69) is 4.98 Å². The highest BCUT2D eigenvalue weighted by Gasteiger charge is 2.41. The fourth-order valence-corrected chi connectivity index (χ4v) is 4.42. The highest BCUT2D eigenvalue weighted by molar-refractivity contribution is 7.09. The molecule has 0 radical (unpaired) electrons. The topological polar surface area (TPSA) is 89.1 Å². The van der Waals surface area contributed by atoms with Crippen molar-refractivity contribution in [2.24, 2.45) is 11.7 Å². The van der Waals surface area contributed by atoms with Gasteiger partial charge in [0.1, 0.15) is 5.82 Å². The molecule has 0 unspecified atom stereocenters. The molecular weight excluding hydrogens is 401 g/mol. The van der Waals surface area contributed by atoms with E-state index in [1.165, 1.54) is 12.1 Å². The van der Waals surface area contributed by atoms with Crippen molar-refractivity contribution in [1.29, 1.82) is 0 Å². The molecule has 1 aromatic carbocycles. The molecule has 4 rings (SSSR count). The number of carbonyl (C=O) groups is 1. The second-order valence-corrected chi connectivity index (χ2v) is 9.06. The minimum Gasteiger partial charge on any atom is -0.389 e. The Morgan fingerprint density at radius 1 is 1.27 bits per heavy atom. The summed E-state index contributed by atoms with van der Waals surface area (Å²) in [7, 11) is 0. The van der Waals surface area contributed by atoms with Crippen LogP contribution in [0.1, 0.15) is 46.5 Å². The number of hydrogen-bond acceptors (Lipinski definition) is 5. The van der Waals surface area contributed by atoms with Gasteiger partial charge < -0.3 is 10.8 Å². The van der Waals surface area contributed by atoms with Gasteiger partial charge in [-0.15, -0.1) is 11.3 Å². The second-order valence-electron chi connectivity index (χ2n) is 8.08. The van der Waals surface area contributed by atoms with Gasteiger partial charge >= 0.3 is 0 Å². The molecule has 1 fully saturated rings. The average Bonchev–Trinajstić information content (AvgIpc) is 3.45.